The lowest BCUT2D eigenvalue weighted by molar-refractivity contribution is -0.132. The Morgan fingerprint density at radius 2 is 1.96 bits per heavy atom. The van der Waals surface area contributed by atoms with Gasteiger partial charge in [-0.2, -0.15) is 0 Å². The largest absolute Gasteiger partial charge is 0.495 e. The van der Waals surface area contributed by atoms with Gasteiger partial charge >= 0.3 is 0 Å². The minimum Gasteiger partial charge on any atom is -0.495 e. The van der Waals surface area contributed by atoms with E-state index in [1.807, 2.05) is 49.4 Å². The minimum atomic E-state index is -0.968. The molecule has 0 fully saturated rings. The molecule has 0 atom stereocenters. The van der Waals surface area contributed by atoms with Gasteiger partial charge in [-0.3, -0.25) is 9.59 Å². The van der Waals surface area contributed by atoms with E-state index >= 15 is 0 Å². The number of anilines is 2. The molecule has 0 radical (unpaired) electrons. The average molecular weight is 368 g/mol. The van der Waals surface area contributed by atoms with Crippen LogP contribution in [0.25, 0.3) is 0 Å². The van der Waals surface area contributed by atoms with E-state index in [1.165, 1.54) is 0 Å². The first-order valence-corrected chi connectivity index (χ1v) is 8.86. The van der Waals surface area contributed by atoms with Crippen LogP contribution in [0.4, 0.5) is 11.4 Å². The van der Waals surface area contributed by atoms with Crippen LogP contribution in [0.3, 0.4) is 0 Å². The second-order valence-electron chi connectivity index (χ2n) is 7.04. The molecule has 6 nitrogen and oxygen atoms in total. The monoisotopic (exact) mass is 368 g/mol. The summed E-state index contributed by atoms with van der Waals surface area (Å²) in [5.41, 5.74) is 1.36. The van der Waals surface area contributed by atoms with Gasteiger partial charge in [0.2, 0.25) is 5.91 Å². The molecule has 0 saturated carbocycles. The van der Waals surface area contributed by atoms with Gasteiger partial charge in [0.05, 0.1) is 18.5 Å². The van der Waals surface area contributed by atoms with Crippen molar-refractivity contribution in [2.24, 2.45) is 0 Å². The van der Waals surface area contributed by atoms with Gasteiger partial charge in [-0.1, -0.05) is 18.2 Å². The summed E-state index contributed by atoms with van der Waals surface area (Å²) in [6.07, 6.45) is 0.160. The van der Waals surface area contributed by atoms with E-state index < -0.39 is 5.60 Å². The molecule has 27 heavy (non-hydrogen) atoms. The summed E-state index contributed by atoms with van der Waals surface area (Å²) < 4.78 is 11.1. The summed E-state index contributed by atoms with van der Waals surface area (Å²) in [7, 11) is 1.56. The Morgan fingerprint density at radius 1 is 1.22 bits per heavy atom. The van der Waals surface area contributed by atoms with Crippen LogP contribution in [-0.2, 0) is 9.59 Å². The van der Waals surface area contributed by atoms with Gasteiger partial charge < -0.3 is 19.7 Å². The van der Waals surface area contributed by atoms with Crippen molar-refractivity contribution in [2.45, 2.75) is 32.8 Å². The van der Waals surface area contributed by atoms with E-state index in [4.69, 9.17) is 9.47 Å². The van der Waals surface area contributed by atoms with E-state index in [1.54, 1.807) is 25.9 Å². The molecule has 0 saturated heterocycles. The van der Waals surface area contributed by atoms with Gasteiger partial charge in [0.1, 0.15) is 11.5 Å². The van der Waals surface area contributed by atoms with E-state index in [0.717, 1.165) is 5.56 Å². The number of fused-ring (bicyclic) bond motifs is 1. The molecule has 6 heteroatoms. The highest BCUT2D eigenvalue weighted by Gasteiger charge is 2.40. The Labute approximate surface area is 159 Å². The number of amides is 2. The molecule has 0 unspecified atom stereocenters. The molecule has 2 amide bonds. The molecule has 1 N–H and O–H groups in total. The zero-order valence-electron chi connectivity index (χ0n) is 16.0. The maximum absolute atomic E-state index is 12.8. The third kappa shape index (κ3) is 3.89. The maximum atomic E-state index is 12.8. The number of carbonyl (C=O) groups is 2. The standard InChI is InChI=1S/C21H24N2O4/c1-14-9-10-17(26-4)15(13-14)22-19(24)11-12-23-16-7-5-6-8-18(16)27-21(2,3)20(23)25/h5-10,13H,11-12H2,1-4H3,(H,22,24). The zero-order valence-corrected chi connectivity index (χ0v) is 16.0. The summed E-state index contributed by atoms with van der Waals surface area (Å²) in [5.74, 6) is 0.890. The summed E-state index contributed by atoms with van der Waals surface area (Å²) in [5, 5.41) is 2.87. The molecule has 2 aromatic rings. The van der Waals surface area contributed by atoms with Crippen molar-refractivity contribution in [1.82, 2.24) is 0 Å². The van der Waals surface area contributed by atoms with Gasteiger partial charge in [0, 0.05) is 13.0 Å². The number of benzene rings is 2. The average Bonchev–Trinajstić information content (AvgIpc) is 2.62. The topological polar surface area (TPSA) is 67.9 Å². The normalized spacial score (nSPS) is 15.0. The van der Waals surface area contributed by atoms with Crippen molar-refractivity contribution in [1.29, 1.82) is 0 Å². The van der Waals surface area contributed by atoms with Crippen molar-refractivity contribution in [3.63, 3.8) is 0 Å². The molecule has 0 bridgehead atoms. The fourth-order valence-electron chi connectivity index (χ4n) is 3.09. The van der Waals surface area contributed by atoms with Crippen molar-refractivity contribution >= 4 is 23.2 Å². The minimum absolute atomic E-state index is 0.160. The van der Waals surface area contributed by atoms with Crippen LogP contribution in [0.5, 0.6) is 11.5 Å². The lowest BCUT2D eigenvalue weighted by atomic mass is 10.0. The number of nitrogens with zero attached hydrogens (tertiary/aromatic N) is 1. The number of rotatable bonds is 5. The van der Waals surface area contributed by atoms with Gasteiger partial charge in [0.15, 0.2) is 5.60 Å². The molecule has 0 spiro atoms. The van der Waals surface area contributed by atoms with Crippen LogP contribution in [0, 0.1) is 6.92 Å². The number of para-hydroxylation sites is 2. The number of methoxy groups -OCH3 is 1. The van der Waals surface area contributed by atoms with Crippen LogP contribution in [0.1, 0.15) is 25.8 Å². The highest BCUT2D eigenvalue weighted by molar-refractivity contribution is 6.03. The number of hydrogen-bond donors (Lipinski definition) is 1. The number of aryl methyl sites for hydroxylation is 1. The molecule has 0 aromatic heterocycles. The molecule has 1 aliphatic heterocycles. The van der Waals surface area contributed by atoms with Crippen LogP contribution in [0.15, 0.2) is 42.5 Å². The summed E-state index contributed by atoms with van der Waals surface area (Å²) in [6, 6.07) is 12.9. The molecule has 2 aromatic carbocycles. The Bertz CT molecular complexity index is 876. The number of nitrogens with one attached hydrogen (secondary N) is 1. The summed E-state index contributed by atoms with van der Waals surface area (Å²) in [6.45, 7) is 5.68. The predicted octanol–water partition coefficient (Wildman–Crippen LogP) is 3.54. The smallest absolute Gasteiger partial charge is 0.270 e. The highest BCUT2D eigenvalue weighted by Crippen LogP contribution is 2.37. The van der Waals surface area contributed by atoms with Gasteiger partial charge in [-0.25, -0.2) is 0 Å². The van der Waals surface area contributed by atoms with Crippen LogP contribution in [-0.4, -0.2) is 31.1 Å². The lowest BCUT2D eigenvalue weighted by Gasteiger charge is -2.38. The Hall–Kier alpha value is -3.02. The van der Waals surface area contributed by atoms with Crippen LogP contribution < -0.4 is 19.7 Å². The number of hydrogen-bond acceptors (Lipinski definition) is 4. The van der Waals surface area contributed by atoms with Crippen molar-refractivity contribution < 1.29 is 19.1 Å². The SMILES string of the molecule is COc1ccc(C)cc1NC(=O)CCN1C(=O)C(C)(C)Oc2ccccc21. The lowest BCUT2D eigenvalue weighted by Crippen LogP contribution is -2.53. The zero-order chi connectivity index (χ0) is 19.6. The quantitative estimate of drug-likeness (QED) is 0.877. The number of ether oxygens (including phenoxy) is 2. The fraction of sp³-hybridized carbons (Fsp3) is 0.333. The maximum Gasteiger partial charge on any atom is 0.270 e. The molecule has 1 heterocycles. The molecule has 1 aliphatic rings. The van der Waals surface area contributed by atoms with Gasteiger partial charge in [0.25, 0.3) is 5.91 Å². The molecular weight excluding hydrogens is 344 g/mol. The Balaban J connectivity index is 1.73. The third-order valence-electron chi connectivity index (χ3n) is 4.47. The molecule has 142 valence electrons. The first-order valence-electron chi connectivity index (χ1n) is 8.86. The number of carbonyl (C=O) groups excluding carboxylic acids is 2. The van der Waals surface area contributed by atoms with Gasteiger partial charge in [-0.05, 0) is 50.6 Å². The molecular formula is C21H24N2O4. The van der Waals surface area contributed by atoms with Crippen LogP contribution in [0.2, 0.25) is 0 Å². The third-order valence-corrected chi connectivity index (χ3v) is 4.47. The highest BCUT2D eigenvalue weighted by atomic mass is 16.5. The predicted molar refractivity (Wildman–Crippen MR) is 104 cm³/mol. The Kier molecular flexibility index (Phi) is 5.08. The van der Waals surface area contributed by atoms with Crippen LogP contribution >= 0.6 is 0 Å². The molecule has 0 aliphatic carbocycles. The van der Waals surface area contributed by atoms with E-state index in [2.05, 4.69) is 5.32 Å². The molecule has 3 rings (SSSR count). The second-order valence-corrected chi connectivity index (χ2v) is 7.04. The van der Waals surface area contributed by atoms with Crippen molar-refractivity contribution in [2.75, 3.05) is 23.9 Å². The summed E-state index contributed by atoms with van der Waals surface area (Å²) >= 11 is 0. The second kappa shape index (κ2) is 7.31. The fourth-order valence-corrected chi connectivity index (χ4v) is 3.09. The van der Waals surface area contributed by atoms with Gasteiger partial charge in [-0.15, -0.1) is 0 Å². The van der Waals surface area contributed by atoms with E-state index in [9.17, 15) is 9.59 Å². The first-order chi connectivity index (χ1) is 12.8. The van der Waals surface area contributed by atoms with E-state index in [-0.39, 0.29) is 24.8 Å². The Morgan fingerprint density at radius 3 is 2.70 bits per heavy atom. The van der Waals surface area contributed by atoms with Crippen molar-refractivity contribution in [3.8, 4) is 11.5 Å². The first kappa shape index (κ1) is 18.8. The summed E-state index contributed by atoms with van der Waals surface area (Å²) in [4.78, 5) is 26.9. The van der Waals surface area contributed by atoms with Crippen molar-refractivity contribution in [3.05, 3.63) is 48.0 Å². The van der Waals surface area contributed by atoms with E-state index in [0.29, 0.717) is 22.9 Å².